The van der Waals surface area contributed by atoms with Gasteiger partial charge in [0.15, 0.2) is 0 Å². The number of nitrogens with zero attached hydrogens (tertiary/aromatic N) is 3. The predicted octanol–water partition coefficient (Wildman–Crippen LogP) is 1.36. The molecule has 1 amide bonds. The summed E-state index contributed by atoms with van der Waals surface area (Å²) in [5.74, 6) is -0.159. The van der Waals surface area contributed by atoms with Crippen molar-refractivity contribution in [2.45, 2.75) is 38.3 Å². The van der Waals surface area contributed by atoms with Gasteiger partial charge in [-0.05, 0) is 31.0 Å². The molecule has 0 radical (unpaired) electrons. The van der Waals surface area contributed by atoms with Crippen LogP contribution in [0.4, 0.5) is 0 Å². The minimum absolute atomic E-state index is 0.0474. The molecule has 114 valence electrons. The highest BCUT2D eigenvalue weighted by Crippen LogP contribution is 2.17. The van der Waals surface area contributed by atoms with E-state index in [1.54, 1.807) is 18.5 Å². The molecule has 0 spiro atoms. The Labute approximate surface area is 128 Å². The molecular weight excluding hydrogens is 280 g/mol. The Morgan fingerprint density at radius 2 is 1.91 bits per heavy atom. The highest BCUT2D eigenvalue weighted by Gasteiger charge is 2.17. The van der Waals surface area contributed by atoms with E-state index < -0.39 is 0 Å². The van der Waals surface area contributed by atoms with Gasteiger partial charge in [0, 0.05) is 30.1 Å². The number of carbonyl (C=O) groups is 1. The minimum atomic E-state index is -0.278. The first-order valence-electron chi connectivity index (χ1n) is 7.50. The van der Waals surface area contributed by atoms with Gasteiger partial charge in [-0.15, -0.1) is 0 Å². The van der Waals surface area contributed by atoms with Gasteiger partial charge in [0.05, 0.1) is 5.69 Å². The molecule has 6 heteroatoms. The van der Waals surface area contributed by atoms with Gasteiger partial charge in [0.25, 0.3) is 5.56 Å². The van der Waals surface area contributed by atoms with Crippen LogP contribution in [0.1, 0.15) is 25.7 Å². The van der Waals surface area contributed by atoms with Gasteiger partial charge < -0.3 is 5.32 Å². The van der Waals surface area contributed by atoms with E-state index >= 15 is 0 Å². The molecule has 22 heavy (non-hydrogen) atoms. The minimum Gasteiger partial charge on any atom is -0.352 e. The Bertz CT molecular complexity index is 706. The Kier molecular flexibility index (Phi) is 4.27. The number of aromatic nitrogens is 3. The van der Waals surface area contributed by atoms with Crippen molar-refractivity contribution >= 4 is 5.91 Å². The normalized spacial score (nSPS) is 14.9. The van der Waals surface area contributed by atoms with Gasteiger partial charge in [-0.25, -0.2) is 4.68 Å². The Morgan fingerprint density at radius 1 is 1.18 bits per heavy atom. The van der Waals surface area contributed by atoms with E-state index in [0.717, 1.165) is 31.2 Å². The van der Waals surface area contributed by atoms with Crippen LogP contribution >= 0.6 is 0 Å². The molecule has 0 bridgehead atoms. The number of hydrogen-bond donors (Lipinski definition) is 1. The van der Waals surface area contributed by atoms with Crippen molar-refractivity contribution in [3.05, 3.63) is 47.0 Å². The zero-order valence-corrected chi connectivity index (χ0v) is 12.2. The molecule has 1 aliphatic carbocycles. The lowest BCUT2D eigenvalue weighted by molar-refractivity contribution is -0.122. The van der Waals surface area contributed by atoms with E-state index in [1.165, 1.54) is 10.7 Å². The second-order valence-corrected chi connectivity index (χ2v) is 5.50. The Hall–Kier alpha value is -2.50. The SMILES string of the molecule is O=C(Cn1nc(-c2ccncc2)ccc1=O)NC1CCCC1. The third kappa shape index (κ3) is 3.39. The van der Waals surface area contributed by atoms with Crippen molar-refractivity contribution in [2.24, 2.45) is 0 Å². The van der Waals surface area contributed by atoms with E-state index in [9.17, 15) is 9.59 Å². The summed E-state index contributed by atoms with van der Waals surface area (Å²) >= 11 is 0. The van der Waals surface area contributed by atoms with Gasteiger partial charge in [0.2, 0.25) is 5.91 Å². The lowest BCUT2D eigenvalue weighted by atomic mass is 10.2. The van der Waals surface area contributed by atoms with E-state index in [1.807, 2.05) is 12.1 Å². The maximum atomic E-state index is 12.0. The summed E-state index contributed by atoms with van der Waals surface area (Å²) in [6.07, 6.45) is 7.68. The standard InChI is InChI=1S/C16H18N4O2/c21-15(18-13-3-1-2-4-13)11-20-16(22)6-5-14(19-20)12-7-9-17-10-8-12/h5-10,13H,1-4,11H2,(H,18,21). The molecule has 1 N–H and O–H groups in total. The fraction of sp³-hybridized carbons (Fsp3) is 0.375. The first-order valence-corrected chi connectivity index (χ1v) is 7.50. The highest BCUT2D eigenvalue weighted by atomic mass is 16.2. The van der Waals surface area contributed by atoms with Crippen LogP contribution in [0.3, 0.4) is 0 Å². The summed E-state index contributed by atoms with van der Waals surface area (Å²) < 4.78 is 1.21. The maximum absolute atomic E-state index is 12.0. The molecule has 1 aliphatic rings. The molecule has 2 aromatic rings. The molecular formula is C16H18N4O2. The van der Waals surface area contributed by atoms with Gasteiger partial charge in [0.1, 0.15) is 6.54 Å². The van der Waals surface area contributed by atoms with Crippen LogP contribution in [0.15, 0.2) is 41.5 Å². The van der Waals surface area contributed by atoms with E-state index in [2.05, 4.69) is 15.4 Å². The highest BCUT2D eigenvalue weighted by molar-refractivity contribution is 5.76. The Balaban J connectivity index is 1.75. The van der Waals surface area contributed by atoms with Crippen LogP contribution < -0.4 is 10.9 Å². The van der Waals surface area contributed by atoms with Crippen LogP contribution in [0.25, 0.3) is 11.3 Å². The topological polar surface area (TPSA) is 76.9 Å². The monoisotopic (exact) mass is 298 g/mol. The smallest absolute Gasteiger partial charge is 0.267 e. The number of carbonyl (C=O) groups excluding carboxylic acids is 1. The average Bonchev–Trinajstić information content (AvgIpc) is 3.03. The van der Waals surface area contributed by atoms with Crippen LogP contribution in [0.2, 0.25) is 0 Å². The van der Waals surface area contributed by atoms with Crippen molar-refractivity contribution in [1.29, 1.82) is 0 Å². The van der Waals surface area contributed by atoms with Crippen LogP contribution in [0.5, 0.6) is 0 Å². The van der Waals surface area contributed by atoms with Crippen molar-refractivity contribution in [3.8, 4) is 11.3 Å². The molecule has 6 nitrogen and oxygen atoms in total. The maximum Gasteiger partial charge on any atom is 0.267 e. The average molecular weight is 298 g/mol. The number of nitrogens with one attached hydrogen (secondary N) is 1. The summed E-state index contributed by atoms with van der Waals surface area (Å²) in [4.78, 5) is 27.9. The van der Waals surface area contributed by atoms with Gasteiger partial charge in [-0.2, -0.15) is 5.10 Å². The van der Waals surface area contributed by atoms with Crippen LogP contribution in [-0.2, 0) is 11.3 Å². The van der Waals surface area contributed by atoms with Gasteiger partial charge in [-0.3, -0.25) is 14.6 Å². The van der Waals surface area contributed by atoms with E-state index in [-0.39, 0.29) is 24.1 Å². The van der Waals surface area contributed by atoms with Crippen molar-refractivity contribution in [1.82, 2.24) is 20.1 Å². The summed E-state index contributed by atoms with van der Waals surface area (Å²) in [6, 6.07) is 6.96. The Morgan fingerprint density at radius 3 is 2.64 bits per heavy atom. The predicted molar refractivity (Wildman–Crippen MR) is 82.1 cm³/mol. The number of pyridine rings is 1. The third-order valence-corrected chi connectivity index (χ3v) is 3.86. The van der Waals surface area contributed by atoms with Gasteiger partial charge in [-0.1, -0.05) is 12.8 Å². The van der Waals surface area contributed by atoms with E-state index in [0.29, 0.717) is 5.69 Å². The van der Waals surface area contributed by atoms with Crippen LogP contribution in [0, 0.1) is 0 Å². The molecule has 0 saturated heterocycles. The first-order chi connectivity index (χ1) is 10.7. The quantitative estimate of drug-likeness (QED) is 0.924. The van der Waals surface area contributed by atoms with Crippen molar-refractivity contribution in [2.75, 3.05) is 0 Å². The number of amides is 1. The van der Waals surface area contributed by atoms with Crippen molar-refractivity contribution in [3.63, 3.8) is 0 Å². The molecule has 0 aliphatic heterocycles. The molecule has 0 unspecified atom stereocenters. The fourth-order valence-electron chi connectivity index (χ4n) is 2.72. The lowest BCUT2D eigenvalue weighted by Gasteiger charge is -2.12. The second kappa shape index (κ2) is 6.51. The van der Waals surface area contributed by atoms with Crippen molar-refractivity contribution < 1.29 is 4.79 Å². The molecule has 2 aromatic heterocycles. The van der Waals surface area contributed by atoms with Crippen LogP contribution in [-0.4, -0.2) is 26.7 Å². The third-order valence-electron chi connectivity index (χ3n) is 3.86. The summed E-state index contributed by atoms with van der Waals surface area (Å²) in [5, 5.41) is 7.24. The number of hydrogen-bond acceptors (Lipinski definition) is 4. The molecule has 0 atom stereocenters. The summed E-state index contributed by atoms with van der Waals surface area (Å²) in [7, 11) is 0. The van der Waals surface area contributed by atoms with Gasteiger partial charge >= 0.3 is 0 Å². The summed E-state index contributed by atoms with van der Waals surface area (Å²) in [5.41, 5.74) is 1.23. The zero-order valence-electron chi connectivity index (χ0n) is 12.2. The lowest BCUT2D eigenvalue weighted by Crippen LogP contribution is -2.38. The largest absolute Gasteiger partial charge is 0.352 e. The molecule has 1 fully saturated rings. The molecule has 3 rings (SSSR count). The fourth-order valence-corrected chi connectivity index (χ4v) is 2.72. The molecule has 1 saturated carbocycles. The second-order valence-electron chi connectivity index (χ2n) is 5.50. The first kappa shape index (κ1) is 14.4. The zero-order chi connectivity index (χ0) is 15.4. The van der Waals surface area contributed by atoms with E-state index in [4.69, 9.17) is 0 Å². The number of rotatable bonds is 4. The summed E-state index contributed by atoms with van der Waals surface area (Å²) in [6.45, 7) is -0.0474. The molecule has 2 heterocycles. The molecule has 0 aromatic carbocycles.